The van der Waals surface area contributed by atoms with E-state index in [1.54, 1.807) is 6.07 Å². The van der Waals surface area contributed by atoms with Gasteiger partial charge in [0.1, 0.15) is 0 Å². The van der Waals surface area contributed by atoms with Crippen LogP contribution in [0.1, 0.15) is 24.8 Å². The molecule has 1 aliphatic heterocycles. The molecule has 1 heterocycles. The predicted octanol–water partition coefficient (Wildman–Crippen LogP) is 5.73. The highest BCUT2D eigenvalue weighted by atomic mass is 35.5. The Kier molecular flexibility index (Phi) is 5.01. The first-order chi connectivity index (χ1) is 10.7. The fourth-order valence-electron chi connectivity index (χ4n) is 2.66. The summed E-state index contributed by atoms with van der Waals surface area (Å²) in [7, 11) is 0. The van der Waals surface area contributed by atoms with Crippen LogP contribution in [0.2, 0.25) is 10.0 Å². The van der Waals surface area contributed by atoms with Crippen LogP contribution < -0.4 is 4.90 Å². The van der Waals surface area contributed by atoms with Gasteiger partial charge in [0, 0.05) is 25.0 Å². The van der Waals surface area contributed by atoms with E-state index in [0.29, 0.717) is 15.7 Å². The monoisotopic (exact) mass is 332 g/mol. The van der Waals surface area contributed by atoms with Crippen LogP contribution >= 0.6 is 23.2 Å². The van der Waals surface area contributed by atoms with Gasteiger partial charge in [-0.05, 0) is 49.1 Å². The van der Waals surface area contributed by atoms with Crippen molar-refractivity contribution in [2.75, 3.05) is 18.0 Å². The second-order valence-corrected chi connectivity index (χ2v) is 6.26. The summed E-state index contributed by atoms with van der Waals surface area (Å²) in [4.78, 5) is 6.87. The molecule has 0 spiro atoms. The van der Waals surface area contributed by atoms with Gasteiger partial charge in [-0.15, -0.1) is 0 Å². The highest BCUT2D eigenvalue weighted by Gasteiger charge is 2.10. The molecule has 4 heteroatoms. The lowest BCUT2D eigenvalue weighted by molar-refractivity contribution is 0.578. The third kappa shape index (κ3) is 3.63. The molecular weight excluding hydrogens is 315 g/mol. The zero-order valence-electron chi connectivity index (χ0n) is 12.3. The smallest absolute Gasteiger partial charge is 0.0848 e. The minimum absolute atomic E-state index is 0.491. The minimum atomic E-state index is 0.491. The summed E-state index contributed by atoms with van der Waals surface area (Å²) in [5.41, 5.74) is 3.03. The van der Waals surface area contributed by atoms with Crippen LogP contribution in [0.3, 0.4) is 0 Å². The van der Waals surface area contributed by atoms with Gasteiger partial charge in [0.15, 0.2) is 0 Å². The highest BCUT2D eigenvalue weighted by Crippen LogP contribution is 2.31. The normalized spacial score (nSPS) is 15.5. The lowest BCUT2D eigenvalue weighted by atomic mass is 10.1. The topological polar surface area (TPSA) is 15.6 Å². The number of piperidine rings is 1. The van der Waals surface area contributed by atoms with E-state index in [0.717, 1.165) is 18.7 Å². The first-order valence-corrected chi connectivity index (χ1v) is 8.33. The molecule has 2 nitrogen and oxygen atoms in total. The Morgan fingerprint density at radius 1 is 0.909 bits per heavy atom. The Hall–Kier alpha value is -1.51. The molecule has 0 saturated carbocycles. The largest absolute Gasteiger partial charge is 0.372 e. The van der Waals surface area contributed by atoms with Gasteiger partial charge in [-0.2, -0.15) is 0 Å². The summed E-state index contributed by atoms with van der Waals surface area (Å²) in [5, 5.41) is 1.02. The van der Waals surface area contributed by atoms with Gasteiger partial charge in [-0.1, -0.05) is 41.4 Å². The van der Waals surface area contributed by atoms with Crippen molar-refractivity contribution in [1.82, 2.24) is 0 Å². The van der Waals surface area contributed by atoms with Gasteiger partial charge in [-0.25, -0.2) is 0 Å². The van der Waals surface area contributed by atoms with Gasteiger partial charge in [0.25, 0.3) is 0 Å². The van der Waals surface area contributed by atoms with Crippen LogP contribution in [0.25, 0.3) is 0 Å². The van der Waals surface area contributed by atoms with Gasteiger partial charge >= 0.3 is 0 Å². The third-order valence-corrected chi connectivity index (χ3v) is 4.71. The summed E-state index contributed by atoms with van der Waals surface area (Å²) in [6.45, 7) is 2.32. The number of halogens is 2. The molecule has 0 aliphatic carbocycles. The molecule has 0 aromatic heterocycles. The second-order valence-electron chi connectivity index (χ2n) is 5.47. The van der Waals surface area contributed by atoms with Gasteiger partial charge in [0.05, 0.1) is 15.7 Å². The summed E-state index contributed by atoms with van der Waals surface area (Å²) in [6.07, 6.45) is 5.74. The van der Waals surface area contributed by atoms with Crippen LogP contribution in [0.5, 0.6) is 0 Å². The lowest BCUT2D eigenvalue weighted by Gasteiger charge is -2.28. The van der Waals surface area contributed by atoms with Crippen LogP contribution in [0, 0.1) is 0 Å². The molecule has 114 valence electrons. The first kappa shape index (κ1) is 15.4. The number of hydrogen-bond donors (Lipinski definition) is 0. The van der Waals surface area contributed by atoms with Gasteiger partial charge in [0.2, 0.25) is 0 Å². The first-order valence-electron chi connectivity index (χ1n) is 7.57. The van der Waals surface area contributed by atoms with E-state index < -0.39 is 0 Å². The van der Waals surface area contributed by atoms with Gasteiger partial charge < -0.3 is 4.90 Å². The van der Waals surface area contributed by atoms with Crippen molar-refractivity contribution >= 4 is 40.8 Å². The van der Waals surface area contributed by atoms with E-state index in [2.05, 4.69) is 34.2 Å². The lowest BCUT2D eigenvalue weighted by Crippen LogP contribution is -2.29. The van der Waals surface area contributed by atoms with Crippen molar-refractivity contribution in [3.8, 4) is 0 Å². The molecule has 1 aliphatic rings. The van der Waals surface area contributed by atoms with E-state index in [9.17, 15) is 0 Å². The average molecular weight is 333 g/mol. The molecule has 2 aromatic rings. The molecular formula is C18H18Cl2N2. The Balaban J connectivity index is 1.73. The molecule has 0 bridgehead atoms. The fraction of sp³-hybridized carbons (Fsp3) is 0.278. The molecule has 0 N–H and O–H groups in total. The van der Waals surface area contributed by atoms with E-state index in [4.69, 9.17) is 23.2 Å². The van der Waals surface area contributed by atoms with Crippen molar-refractivity contribution in [2.24, 2.45) is 4.99 Å². The van der Waals surface area contributed by atoms with Gasteiger partial charge in [-0.3, -0.25) is 4.99 Å². The fourth-order valence-corrected chi connectivity index (χ4v) is 3.00. The molecule has 0 radical (unpaired) electrons. The predicted molar refractivity (Wildman–Crippen MR) is 96.2 cm³/mol. The van der Waals surface area contributed by atoms with Crippen molar-refractivity contribution in [1.29, 1.82) is 0 Å². The maximum absolute atomic E-state index is 6.13. The average Bonchev–Trinajstić information content (AvgIpc) is 2.57. The maximum Gasteiger partial charge on any atom is 0.0848 e. The summed E-state index contributed by atoms with van der Waals surface area (Å²) >= 11 is 12.1. The quantitative estimate of drug-likeness (QED) is 0.655. The zero-order chi connectivity index (χ0) is 15.4. The van der Waals surface area contributed by atoms with E-state index in [1.165, 1.54) is 24.9 Å². The standard InChI is InChI=1S/C18H18Cl2N2/c19-16-5-4-6-17(18(16)20)21-13-14-7-9-15(10-8-14)22-11-2-1-3-12-22/h4-10,13H,1-3,11-12H2. The molecule has 0 unspecified atom stereocenters. The summed E-state index contributed by atoms with van der Waals surface area (Å²) < 4.78 is 0. The minimum Gasteiger partial charge on any atom is -0.372 e. The molecule has 3 rings (SSSR count). The van der Waals surface area contributed by atoms with Crippen molar-refractivity contribution < 1.29 is 0 Å². The van der Waals surface area contributed by atoms with E-state index >= 15 is 0 Å². The van der Waals surface area contributed by atoms with Crippen molar-refractivity contribution in [3.63, 3.8) is 0 Å². The Labute approximate surface area is 141 Å². The molecule has 0 atom stereocenters. The van der Waals surface area contributed by atoms with Crippen molar-refractivity contribution in [3.05, 3.63) is 58.1 Å². The van der Waals surface area contributed by atoms with E-state index in [1.807, 2.05) is 18.3 Å². The van der Waals surface area contributed by atoms with Crippen molar-refractivity contribution in [2.45, 2.75) is 19.3 Å². The second kappa shape index (κ2) is 7.17. The third-order valence-electron chi connectivity index (χ3n) is 3.90. The Bertz CT molecular complexity index is 659. The highest BCUT2D eigenvalue weighted by molar-refractivity contribution is 6.43. The number of hydrogen-bond acceptors (Lipinski definition) is 2. The number of nitrogens with zero attached hydrogens (tertiary/aromatic N) is 2. The number of anilines is 1. The van der Waals surface area contributed by atoms with Crippen LogP contribution in [-0.4, -0.2) is 19.3 Å². The summed E-state index contributed by atoms with van der Waals surface area (Å²) in [5.74, 6) is 0. The Morgan fingerprint density at radius 2 is 1.64 bits per heavy atom. The Morgan fingerprint density at radius 3 is 2.36 bits per heavy atom. The molecule has 22 heavy (non-hydrogen) atoms. The maximum atomic E-state index is 6.13. The van der Waals surface area contributed by atoms with Crippen LogP contribution in [0.4, 0.5) is 11.4 Å². The van der Waals surface area contributed by atoms with E-state index in [-0.39, 0.29) is 0 Å². The molecule has 2 aromatic carbocycles. The number of aliphatic imine (C=N–C) groups is 1. The van der Waals surface area contributed by atoms with Crippen LogP contribution in [-0.2, 0) is 0 Å². The number of rotatable bonds is 3. The molecule has 0 amide bonds. The van der Waals surface area contributed by atoms with Crippen LogP contribution in [0.15, 0.2) is 47.5 Å². The molecule has 1 saturated heterocycles. The zero-order valence-corrected chi connectivity index (χ0v) is 13.8. The summed E-state index contributed by atoms with van der Waals surface area (Å²) in [6, 6.07) is 14.0. The molecule has 1 fully saturated rings. The number of benzene rings is 2. The SMILES string of the molecule is Clc1cccc(N=Cc2ccc(N3CCCCC3)cc2)c1Cl.